The van der Waals surface area contributed by atoms with E-state index in [-0.39, 0.29) is 14.4 Å². The predicted molar refractivity (Wildman–Crippen MR) is 88.1 cm³/mol. The number of ether oxygens (including phenoxy) is 1. The fourth-order valence-corrected chi connectivity index (χ4v) is 2.48. The number of allylic oxidation sites excluding steroid dienone is 4. The van der Waals surface area contributed by atoms with Gasteiger partial charge < -0.3 is 4.74 Å². The van der Waals surface area contributed by atoms with E-state index in [0.29, 0.717) is 0 Å². The van der Waals surface area contributed by atoms with Gasteiger partial charge in [-0.15, -0.1) is 6.58 Å². The van der Waals surface area contributed by atoms with E-state index in [9.17, 15) is 4.57 Å². The first-order chi connectivity index (χ1) is 9.45. The lowest BCUT2D eigenvalue weighted by Gasteiger charge is -2.31. The lowest BCUT2D eigenvalue weighted by molar-refractivity contribution is 0.0735. The van der Waals surface area contributed by atoms with Crippen molar-refractivity contribution in [2.24, 2.45) is 5.92 Å². The molecule has 1 aliphatic carbocycles. The van der Waals surface area contributed by atoms with Gasteiger partial charge in [-0.2, -0.15) is 0 Å². The van der Waals surface area contributed by atoms with Crippen molar-refractivity contribution in [3.63, 3.8) is 0 Å². The van der Waals surface area contributed by atoms with E-state index in [4.69, 9.17) is 4.74 Å². The summed E-state index contributed by atoms with van der Waals surface area (Å²) in [7, 11) is 0.0423. The van der Waals surface area contributed by atoms with Gasteiger partial charge in [-0.05, 0) is 38.7 Å². The van der Waals surface area contributed by atoms with E-state index in [1.54, 1.807) is 0 Å². The molecule has 1 aliphatic rings. The van der Waals surface area contributed by atoms with Crippen LogP contribution in [0.2, 0.25) is 0 Å². The highest BCUT2D eigenvalue weighted by Crippen LogP contribution is 2.38. The van der Waals surface area contributed by atoms with Gasteiger partial charge in [0.05, 0.1) is 0 Å². The quantitative estimate of drug-likeness (QED) is 0.427. The Morgan fingerprint density at radius 3 is 2.60 bits per heavy atom. The second-order valence-corrected chi connectivity index (χ2v) is 6.29. The van der Waals surface area contributed by atoms with E-state index < -0.39 is 5.34 Å². The third-order valence-electron chi connectivity index (χ3n) is 3.36. The first-order valence-corrected chi connectivity index (χ1v) is 8.30. The van der Waals surface area contributed by atoms with Gasteiger partial charge in [0.1, 0.15) is 5.76 Å². The molecule has 0 aromatic rings. The van der Waals surface area contributed by atoms with Crippen LogP contribution >= 0.6 is 8.46 Å². The van der Waals surface area contributed by atoms with Gasteiger partial charge in [-0.3, -0.25) is 4.57 Å². The molecular formula is C17H29O2P. The zero-order valence-electron chi connectivity index (χ0n) is 13.8. The Labute approximate surface area is 126 Å². The fourth-order valence-electron chi connectivity index (χ4n) is 2.21. The van der Waals surface area contributed by atoms with Crippen LogP contribution in [0.3, 0.4) is 0 Å². The molecule has 0 spiro atoms. The van der Waals surface area contributed by atoms with Crippen LogP contribution in [0.1, 0.15) is 60.8 Å². The van der Waals surface area contributed by atoms with E-state index in [1.165, 1.54) is 11.1 Å². The summed E-state index contributed by atoms with van der Waals surface area (Å²) in [6.45, 7) is 15.9. The van der Waals surface area contributed by atoms with Crippen molar-refractivity contribution in [1.29, 1.82) is 0 Å². The zero-order valence-corrected chi connectivity index (χ0v) is 14.7. The van der Waals surface area contributed by atoms with E-state index >= 15 is 0 Å². The number of hydrogen-bond acceptors (Lipinski definition) is 2. The third kappa shape index (κ3) is 5.25. The van der Waals surface area contributed by atoms with Crippen molar-refractivity contribution >= 4 is 8.46 Å². The van der Waals surface area contributed by atoms with Crippen LogP contribution < -0.4 is 0 Å². The van der Waals surface area contributed by atoms with Crippen LogP contribution in [0.15, 0.2) is 35.6 Å². The van der Waals surface area contributed by atoms with Gasteiger partial charge in [-0.25, -0.2) is 0 Å². The second-order valence-electron chi connectivity index (χ2n) is 5.16. The molecule has 20 heavy (non-hydrogen) atoms. The average Bonchev–Trinajstić information content (AvgIpc) is 2.45. The van der Waals surface area contributed by atoms with Gasteiger partial charge in [0, 0.05) is 5.92 Å². The minimum Gasteiger partial charge on any atom is -0.479 e. The molecule has 0 saturated carbocycles. The van der Waals surface area contributed by atoms with E-state index in [1.807, 2.05) is 33.8 Å². The predicted octanol–water partition coefficient (Wildman–Crippen LogP) is 6.26. The van der Waals surface area contributed by atoms with Crippen LogP contribution in [0.5, 0.6) is 0 Å². The Kier molecular flexibility index (Phi) is 8.73. The van der Waals surface area contributed by atoms with Crippen LogP contribution in [-0.2, 0) is 9.30 Å². The Hall–Kier alpha value is -0.880. The molecule has 0 amide bonds. The summed E-state index contributed by atoms with van der Waals surface area (Å²) < 4.78 is 17.3. The lowest BCUT2D eigenvalue weighted by Crippen LogP contribution is -2.24. The molecule has 0 aliphatic heterocycles. The SMILES string of the molecule is C=CCC1=C(OC(C)(CC)P=O)C(C)C=C(C)C1.CC. The van der Waals surface area contributed by atoms with Crippen LogP contribution in [0.25, 0.3) is 0 Å². The van der Waals surface area contributed by atoms with E-state index in [2.05, 4.69) is 26.5 Å². The van der Waals surface area contributed by atoms with Crippen LogP contribution in [0.4, 0.5) is 0 Å². The highest BCUT2D eigenvalue weighted by Gasteiger charge is 2.30. The molecule has 2 nitrogen and oxygen atoms in total. The monoisotopic (exact) mass is 296 g/mol. The van der Waals surface area contributed by atoms with Crippen molar-refractivity contribution in [3.8, 4) is 0 Å². The van der Waals surface area contributed by atoms with Gasteiger partial charge >= 0.3 is 0 Å². The standard InChI is InChI=1S/C15H23O2P.C2H6/c1-6-8-13-10-11(3)9-12(4)14(13)17-15(5,7-2)18-16;1-2/h6,9,12H,1,7-8,10H2,2-5H3;1-2H3. The Morgan fingerprint density at radius 1 is 1.55 bits per heavy atom. The lowest BCUT2D eigenvalue weighted by atomic mass is 9.89. The minimum atomic E-state index is -0.616. The Morgan fingerprint density at radius 2 is 2.15 bits per heavy atom. The second kappa shape index (κ2) is 9.13. The molecule has 0 fully saturated rings. The zero-order chi connectivity index (χ0) is 15.8. The normalized spacial score (nSPS) is 21.5. The highest BCUT2D eigenvalue weighted by molar-refractivity contribution is 7.25. The largest absolute Gasteiger partial charge is 0.479 e. The molecule has 0 heterocycles. The molecule has 0 aromatic heterocycles. The van der Waals surface area contributed by atoms with E-state index in [0.717, 1.165) is 25.0 Å². The fraction of sp³-hybridized carbons (Fsp3) is 0.647. The Balaban J connectivity index is 0.00000172. The average molecular weight is 296 g/mol. The number of hydrogen-bond donors (Lipinski definition) is 0. The number of rotatable bonds is 6. The van der Waals surface area contributed by atoms with Crippen molar-refractivity contribution in [3.05, 3.63) is 35.6 Å². The molecule has 114 valence electrons. The molecule has 0 saturated heterocycles. The highest BCUT2D eigenvalue weighted by atomic mass is 31.1. The first-order valence-electron chi connectivity index (χ1n) is 7.49. The Bertz CT molecular complexity index is 396. The molecule has 0 aromatic carbocycles. The summed E-state index contributed by atoms with van der Waals surface area (Å²) in [4.78, 5) is 0. The summed E-state index contributed by atoms with van der Waals surface area (Å²) in [5, 5.41) is -0.616. The topological polar surface area (TPSA) is 26.3 Å². The van der Waals surface area contributed by atoms with Crippen molar-refractivity contribution in [2.45, 2.75) is 66.1 Å². The third-order valence-corrected chi connectivity index (χ3v) is 4.15. The molecule has 1 rings (SSSR count). The van der Waals surface area contributed by atoms with Crippen molar-refractivity contribution in [2.75, 3.05) is 0 Å². The molecule has 0 radical (unpaired) electrons. The van der Waals surface area contributed by atoms with Crippen molar-refractivity contribution in [1.82, 2.24) is 0 Å². The summed E-state index contributed by atoms with van der Waals surface area (Å²) in [6.07, 6.45) is 6.61. The molecule has 2 atom stereocenters. The maximum Gasteiger partial charge on any atom is 0.203 e. The van der Waals surface area contributed by atoms with Gasteiger partial charge in [-0.1, -0.05) is 45.4 Å². The summed E-state index contributed by atoms with van der Waals surface area (Å²) in [5.74, 6) is 1.23. The molecule has 0 bridgehead atoms. The van der Waals surface area contributed by atoms with Gasteiger partial charge in [0.15, 0.2) is 5.34 Å². The first kappa shape index (κ1) is 19.1. The van der Waals surface area contributed by atoms with Crippen LogP contribution in [0, 0.1) is 5.92 Å². The van der Waals surface area contributed by atoms with Gasteiger partial charge in [0.25, 0.3) is 0 Å². The maximum atomic E-state index is 11.3. The summed E-state index contributed by atoms with van der Waals surface area (Å²) in [5.41, 5.74) is 2.63. The van der Waals surface area contributed by atoms with Gasteiger partial charge in [0.2, 0.25) is 8.46 Å². The summed E-state index contributed by atoms with van der Waals surface area (Å²) in [6, 6.07) is 0. The smallest absolute Gasteiger partial charge is 0.203 e. The summed E-state index contributed by atoms with van der Waals surface area (Å²) >= 11 is 0. The van der Waals surface area contributed by atoms with Crippen molar-refractivity contribution < 1.29 is 9.30 Å². The molecule has 3 heteroatoms. The minimum absolute atomic E-state index is 0.0423. The maximum absolute atomic E-state index is 11.3. The van der Waals surface area contributed by atoms with Crippen LogP contribution in [-0.4, -0.2) is 5.34 Å². The molecule has 2 unspecified atom stereocenters. The molecular weight excluding hydrogens is 267 g/mol. The molecule has 0 N–H and O–H groups in total.